The summed E-state index contributed by atoms with van der Waals surface area (Å²) >= 11 is 0. The van der Waals surface area contributed by atoms with E-state index in [0.29, 0.717) is 17.9 Å². The number of fused-ring (bicyclic) bond motifs is 7. The summed E-state index contributed by atoms with van der Waals surface area (Å²) in [6.07, 6.45) is 4.06. The minimum Gasteiger partial charge on any atom is -0.378 e. The number of hydrogen-bond acceptors (Lipinski definition) is 2. The van der Waals surface area contributed by atoms with Crippen molar-refractivity contribution in [1.29, 1.82) is 0 Å². The molecule has 26 heavy (non-hydrogen) atoms. The molecular formula is C23H26N2O. The lowest BCUT2D eigenvalue weighted by molar-refractivity contribution is 0.0827. The maximum absolute atomic E-state index is 12.5. The van der Waals surface area contributed by atoms with E-state index in [0.717, 1.165) is 17.4 Å². The van der Waals surface area contributed by atoms with Crippen LogP contribution in [0.2, 0.25) is 0 Å². The summed E-state index contributed by atoms with van der Waals surface area (Å²) in [4.78, 5) is 14.1. The molecular weight excluding hydrogens is 320 g/mol. The Balaban J connectivity index is 1.60. The standard InChI is InChI=1S/C23H26N2O/c1-25(2)23(26)17-10-11-19-18(13-17)20-15-8-9-16(12-15)21(20)22(24-19)14-6-4-3-5-7-14/h3-7,10-11,13,15-16,20-22,24H,8-9,12H2,1-2H3/t15-,16+,20-,21+,22+/m1/s1. The van der Waals surface area contributed by atoms with Gasteiger partial charge in [0.25, 0.3) is 5.91 Å². The van der Waals surface area contributed by atoms with Crippen molar-refractivity contribution in [3.05, 3.63) is 65.2 Å². The van der Waals surface area contributed by atoms with Crippen molar-refractivity contribution in [2.45, 2.75) is 31.2 Å². The van der Waals surface area contributed by atoms with Crippen molar-refractivity contribution in [2.24, 2.45) is 17.8 Å². The Morgan fingerprint density at radius 3 is 2.58 bits per heavy atom. The van der Waals surface area contributed by atoms with Gasteiger partial charge >= 0.3 is 0 Å². The number of nitrogens with zero attached hydrogens (tertiary/aromatic N) is 1. The maximum atomic E-state index is 12.5. The molecule has 1 amide bonds. The first-order valence-electron chi connectivity index (χ1n) is 9.80. The zero-order valence-electron chi connectivity index (χ0n) is 15.5. The molecule has 0 aromatic heterocycles. The normalized spacial score (nSPS) is 31.1. The minimum atomic E-state index is 0.0951. The molecule has 5 rings (SSSR count). The van der Waals surface area contributed by atoms with Crippen molar-refractivity contribution in [1.82, 2.24) is 4.90 Å². The SMILES string of the molecule is CN(C)C(=O)c1ccc2c(c1)[C@H]1[C@@H]3CC[C@@H](C3)[C@@H]1[C@H](c1ccccc1)N2. The predicted molar refractivity (Wildman–Crippen MR) is 104 cm³/mol. The highest BCUT2D eigenvalue weighted by Gasteiger charge is 2.53. The van der Waals surface area contributed by atoms with E-state index in [2.05, 4.69) is 47.8 Å². The second kappa shape index (κ2) is 5.87. The van der Waals surface area contributed by atoms with Gasteiger partial charge in [0.1, 0.15) is 0 Å². The van der Waals surface area contributed by atoms with E-state index >= 15 is 0 Å². The van der Waals surface area contributed by atoms with E-state index in [9.17, 15) is 4.79 Å². The number of anilines is 1. The average Bonchev–Trinajstić information content (AvgIpc) is 3.29. The van der Waals surface area contributed by atoms with Crippen molar-refractivity contribution >= 4 is 11.6 Å². The molecule has 2 bridgehead atoms. The predicted octanol–water partition coefficient (Wildman–Crippen LogP) is 4.68. The van der Waals surface area contributed by atoms with Gasteiger partial charge in [-0.15, -0.1) is 0 Å². The fourth-order valence-electron chi connectivity index (χ4n) is 5.87. The zero-order valence-corrected chi connectivity index (χ0v) is 15.5. The largest absolute Gasteiger partial charge is 0.378 e. The van der Waals surface area contributed by atoms with Crippen LogP contribution in [0.3, 0.4) is 0 Å². The van der Waals surface area contributed by atoms with E-state index in [1.165, 1.54) is 36.1 Å². The second-order valence-electron chi connectivity index (χ2n) is 8.47. The molecule has 2 aromatic carbocycles. The topological polar surface area (TPSA) is 32.3 Å². The van der Waals surface area contributed by atoms with Crippen LogP contribution in [0, 0.1) is 17.8 Å². The minimum absolute atomic E-state index is 0.0951. The van der Waals surface area contributed by atoms with Gasteiger partial charge in [0.05, 0.1) is 6.04 Å². The highest BCUT2D eigenvalue weighted by molar-refractivity contribution is 5.94. The molecule has 2 saturated carbocycles. The van der Waals surface area contributed by atoms with E-state index < -0.39 is 0 Å². The van der Waals surface area contributed by atoms with Crippen LogP contribution in [0.4, 0.5) is 5.69 Å². The zero-order chi connectivity index (χ0) is 17.8. The highest BCUT2D eigenvalue weighted by Crippen LogP contribution is 2.63. The third-order valence-electron chi connectivity index (χ3n) is 6.90. The number of amides is 1. The lowest BCUT2D eigenvalue weighted by atomic mass is 9.68. The number of carbonyl (C=O) groups is 1. The number of benzene rings is 2. The van der Waals surface area contributed by atoms with Crippen LogP contribution in [0.1, 0.15) is 52.7 Å². The van der Waals surface area contributed by atoms with Gasteiger partial charge in [-0.1, -0.05) is 30.3 Å². The summed E-state index contributed by atoms with van der Waals surface area (Å²) < 4.78 is 0. The van der Waals surface area contributed by atoms with Gasteiger partial charge in [-0.2, -0.15) is 0 Å². The third-order valence-corrected chi connectivity index (χ3v) is 6.90. The molecule has 0 saturated heterocycles. The highest BCUT2D eigenvalue weighted by atomic mass is 16.2. The van der Waals surface area contributed by atoms with Crippen LogP contribution >= 0.6 is 0 Å². The first-order chi connectivity index (χ1) is 12.6. The first-order valence-corrected chi connectivity index (χ1v) is 9.80. The first kappa shape index (κ1) is 15.9. The van der Waals surface area contributed by atoms with E-state index in [1.54, 1.807) is 4.90 Å². The van der Waals surface area contributed by atoms with Gasteiger partial charge < -0.3 is 10.2 Å². The number of carbonyl (C=O) groups excluding carboxylic acids is 1. The number of rotatable bonds is 2. The Morgan fingerprint density at radius 2 is 1.81 bits per heavy atom. The molecule has 2 aliphatic carbocycles. The van der Waals surface area contributed by atoms with Crippen molar-refractivity contribution in [3.8, 4) is 0 Å². The molecule has 0 spiro atoms. The van der Waals surface area contributed by atoms with E-state index in [-0.39, 0.29) is 5.91 Å². The molecule has 3 aliphatic rings. The lowest BCUT2D eigenvalue weighted by Gasteiger charge is -2.43. The Kier molecular flexibility index (Phi) is 3.59. The van der Waals surface area contributed by atoms with Gasteiger partial charge in [0.15, 0.2) is 0 Å². The van der Waals surface area contributed by atoms with E-state index in [4.69, 9.17) is 0 Å². The number of nitrogens with one attached hydrogen (secondary N) is 1. The average molecular weight is 346 g/mol. The molecule has 5 atom stereocenters. The van der Waals surface area contributed by atoms with Crippen molar-refractivity contribution < 1.29 is 4.79 Å². The van der Waals surface area contributed by atoms with Crippen LogP contribution in [0.5, 0.6) is 0 Å². The van der Waals surface area contributed by atoms with Gasteiger partial charge in [0.2, 0.25) is 0 Å². The second-order valence-corrected chi connectivity index (χ2v) is 8.47. The van der Waals surface area contributed by atoms with Gasteiger partial charge in [-0.3, -0.25) is 4.79 Å². The van der Waals surface area contributed by atoms with Crippen molar-refractivity contribution in [3.63, 3.8) is 0 Å². The van der Waals surface area contributed by atoms with Crippen LogP contribution in [0.15, 0.2) is 48.5 Å². The van der Waals surface area contributed by atoms with Crippen molar-refractivity contribution in [2.75, 3.05) is 19.4 Å². The van der Waals surface area contributed by atoms with Gasteiger partial charge in [-0.25, -0.2) is 0 Å². The Bertz CT molecular complexity index is 845. The molecule has 3 heteroatoms. The Morgan fingerprint density at radius 1 is 1.04 bits per heavy atom. The molecule has 3 nitrogen and oxygen atoms in total. The molecule has 0 radical (unpaired) electrons. The summed E-state index contributed by atoms with van der Waals surface area (Å²) in [5.41, 5.74) is 4.81. The molecule has 0 unspecified atom stereocenters. The summed E-state index contributed by atoms with van der Waals surface area (Å²) in [6, 6.07) is 17.6. The molecule has 2 aromatic rings. The fraction of sp³-hybridized carbons (Fsp3) is 0.435. The van der Waals surface area contributed by atoms with Crippen LogP contribution in [0.25, 0.3) is 0 Å². The summed E-state index contributed by atoms with van der Waals surface area (Å²) in [5, 5.41) is 3.84. The Hall–Kier alpha value is -2.29. The molecule has 1 N–H and O–H groups in total. The van der Waals surface area contributed by atoms with Crippen LogP contribution in [-0.2, 0) is 0 Å². The molecule has 2 fully saturated rings. The monoisotopic (exact) mass is 346 g/mol. The van der Waals surface area contributed by atoms with Gasteiger partial charge in [-0.05, 0) is 72.3 Å². The van der Waals surface area contributed by atoms with E-state index in [1.807, 2.05) is 20.2 Å². The third kappa shape index (κ3) is 2.29. The number of hydrogen-bond donors (Lipinski definition) is 1. The fourth-order valence-corrected chi connectivity index (χ4v) is 5.87. The van der Waals surface area contributed by atoms with Gasteiger partial charge in [0, 0.05) is 25.3 Å². The molecule has 1 heterocycles. The summed E-state index contributed by atoms with van der Waals surface area (Å²) in [7, 11) is 3.65. The summed E-state index contributed by atoms with van der Waals surface area (Å²) in [6.45, 7) is 0. The Labute approximate surface area is 155 Å². The quantitative estimate of drug-likeness (QED) is 0.856. The smallest absolute Gasteiger partial charge is 0.253 e. The van der Waals surface area contributed by atoms with Crippen LogP contribution in [-0.4, -0.2) is 24.9 Å². The van der Waals surface area contributed by atoms with Crippen LogP contribution < -0.4 is 5.32 Å². The maximum Gasteiger partial charge on any atom is 0.253 e. The molecule has 134 valence electrons. The molecule has 1 aliphatic heterocycles. The lowest BCUT2D eigenvalue weighted by Crippen LogP contribution is -2.35. The summed E-state index contributed by atoms with van der Waals surface area (Å²) in [5.74, 6) is 2.92.